The quantitative estimate of drug-likeness (QED) is 0.483. The lowest BCUT2D eigenvalue weighted by atomic mass is 9.59. The first-order valence-corrected chi connectivity index (χ1v) is 7.87. The second kappa shape index (κ2) is 5.51. The minimum absolute atomic E-state index is 0.155. The average Bonchev–Trinajstić information content (AvgIpc) is 2.60. The van der Waals surface area contributed by atoms with Crippen molar-refractivity contribution in [1.29, 1.82) is 0 Å². The van der Waals surface area contributed by atoms with Gasteiger partial charge in [-0.25, -0.2) is 0 Å². The van der Waals surface area contributed by atoms with Crippen LogP contribution in [0.15, 0.2) is 84.9 Å². The maximum atomic E-state index is 6.89. The molecule has 104 valence electrons. The van der Waals surface area contributed by atoms with E-state index >= 15 is 0 Å². The fourth-order valence-electron chi connectivity index (χ4n) is 3.11. The molecule has 0 aliphatic carbocycles. The van der Waals surface area contributed by atoms with E-state index in [-0.39, 0.29) is 6.13 Å². The van der Waals surface area contributed by atoms with Gasteiger partial charge in [-0.3, -0.25) is 0 Å². The van der Waals surface area contributed by atoms with Crippen molar-refractivity contribution in [2.75, 3.05) is 0 Å². The number of rotatable bonds is 2. The lowest BCUT2D eigenvalue weighted by molar-refractivity contribution is 1.76. The molecule has 0 nitrogen and oxygen atoms in total. The summed E-state index contributed by atoms with van der Waals surface area (Å²) >= 11 is 6.89. The molecule has 0 heterocycles. The Bertz CT molecular complexity index is 872. The van der Waals surface area contributed by atoms with Crippen LogP contribution in [0.25, 0.3) is 21.5 Å². The number of benzene rings is 4. The highest BCUT2D eigenvalue weighted by molar-refractivity contribution is 7.22. The van der Waals surface area contributed by atoms with Crippen molar-refractivity contribution in [3.8, 4) is 0 Å². The van der Waals surface area contributed by atoms with Crippen LogP contribution in [-0.2, 0) is 0 Å². The molecule has 4 aromatic carbocycles. The third-order valence-electron chi connectivity index (χ3n) is 4.19. The number of hydrogen-bond acceptors (Lipinski definition) is 0. The van der Waals surface area contributed by atoms with Crippen molar-refractivity contribution < 1.29 is 0 Å². The molecule has 0 aliphatic rings. The van der Waals surface area contributed by atoms with E-state index in [4.69, 9.17) is 11.5 Å². The van der Waals surface area contributed by atoms with Crippen LogP contribution in [0.4, 0.5) is 0 Å². The van der Waals surface area contributed by atoms with E-state index in [0.717, 1.165) is 10.9 Å². The second-order valence-corrected chi connectivity index (χ2v) is 5.94. The molecule has 0 atom stereocenters. The van der Waals surface area contributed by atoms with Crippen molar-refractivity contribution in [3.63, 3.8) is 0 Å². The van der Waals surface area contributed by atoms with E-state index < -0.39 is 0 Å². The Hall–Kier alpha value is -2.25. The fourth-order valence-corrected chi connectivity index (χ4v) is 3.49. The van der Waals surface area contributed by atoms with Gasteiger partial charge < -0.3 is 0 Å². The topological polar surface area (TPSA) is 0 Å². The second-order valence-electron chi connectivity index (χ2n) is 5.50. The van der Waals surface area contributed by atoms with Gasteiger partial charge in [0.1, 0.15) is 0 Å². The average molecular weight is 301 g/mol. The minimum Gasteiger partial charge on any atom is -0.182 e. The fraction of sp³-hybridized carbons (Fsp3) is 0. The molecule has 0 saturated carbocycles. The first kappa shape index (κ1) is 13.4. The van der Waals surface area contributed by atoms with Gasteiger partial charge in [0.05, 0.1) is 0 Å². The lowest BCUT2D eigenvalue weighted by Crippen LogP contribution is -2.38. The van der Waals surface area contributed by atoms with E-state index in [1.54, 1.807) is 0 Å². The van der Waals surface area contributed by atoms with E-state index in [1.165, 1.54) is 21.5 Å². The van der Waals surface area contributed by atoms with Gasteiger partial charge in [-0.2, -0.15) is 11.5 Å². The summed E-state index contributed by atoms with van der Waals surface area (Å²) < 4.78 is 0. The largest absolute Gasteiger partial charge is 0.316 e. The van der Waals surface area contributed by atoms with Gasteiger partial charge in [-0.15, -0.1) is 0 Å². The Balaban J connectivity index is 1.94. The van der Waals surface area contributed by atoms with Gasteiger partial charge in [0.15, 0.2) is 0 Å². The third kappa shape index (κ3) is 2.19. The zero-order chi connectivity index (χ0) is 14.9. The van der Waals surface area contributed by atoms with Gasteiger partial charge in [0.2, 0.25) is 0 Å². The number of hydrogen-bond donors (Lipinski definition) is 0. The highest BCUT2D eigenvalue weighted by Gasteiger charge is 2.20. The first-order valence-electron chi connectivity index (χ1n) is 7.44. The van der Waals surface area contributed by atoms with Crippen LogP contribution >= 0.6 is 11.5 Å². The molecule has 0 N–H and O–H groups in total. The molecule has 0 spiro atoms. The predicted octanol–water partition coefficient (Wildman–Crippen LogP) is 4.34. The molecule has 0 aromatic heterocycles. The smallest absolute Gasteiger partial charge is 0.182 e. The molecule has 0 aliphatic heterocycles. The minimum atomic E-state index is -0.155. The van der Waals surface area contributed by atoms with Crippen molar-refractivity contribution >= 4 is 50.1 Å². The molecule has 22 heavy (non-hydrogen) atoms. The summed E-state index contributed by atoms with van der Waals surface area (Å²) in [4.78, 5) is 0. The Morgan fingerprint density at radius 1 is 0.500 bits per heavy atom. The van der Waals surface area contributed by atoms with Crippen LogP contribution in [0, 0.1) is 0 Å². The van der Waals surface area contributed by atoms with Crippen LogP contribution in [0.3, 0.4) is 0 Å². The summed E-state index contributed by atoms with van der Waals surface area (Å²) in [6.45, 7) is 0. The predicted molar refractivity (Wildman–Crippen MR) is 98.8 cm³/mol. The highest BCUT2D eigenvalue weighted by Crippen LogP contribution is 2.16. The molecular weight excluding hydrogens is 286 g/mol. The summed E-state index contributed by atoms with van der Waals surface area (Å²) in [5.41, 5.74) is 2.33. The third-order valence-corrected chi connectivity index (χ3v) is 4.66. The maximum Gasteiger partial charge on any atom is 0.316 e. The van der Waals surface area contributed by atoms with Crippen molar-refractivity contribution in [3.05, 3.63) is 84.9 Å². The Kier molecular flexibility index (Phi) is 3.36. The molecule has 4 rings (SSSR count). The number of fused-ring (bicyclic) bond motifs is 2. The highest BCUT2D eigenvalue weighted by atomic mass is 35.5. The SMILES string of the molecule is ClB(c1cccc2ccccc12)c1cccc2ccccc12. The van der Waals surface area contributed by atoms with Crippen LogP contribution in [0.1, 0.15) is 0 Å². The molecule has 0 fully saturated rings. The Morgan fingerprint density at radius 2 is 0.909 bits per heavy atom. The van der Waals surface area contributed by atoms with Gasteiger partial charge in [0.25, 0.3) is 0 Å². The van der Waals surface area contributed by atoms with Gasteiger partial charge in [-0.05, 0) is 32.5 Å². The molecule has 0 unspecified atom stereocenters. The molecule has 0 radical (unpaired) electrons. The van der Waals surface area contributed by atoms with E-state index in [2.05, 4.69) is 84.9 Å². The van der Waals surface area contributed by atoms with E-state index in [1.807, 2.05) is 0 Å². The zero-order valence-electron chi connectivity index (χ0n) is 12.0. The standard InChI is InChI=1S/C20H14BCl/c22-21(19-13-5-9-15-7-1-3-11-17(15)19)20-14-6-10-16-8-2-4-12-18(16)20/h1-14H. The summed E-state index contributed by atoms with van der Waals surface area (Å²) in [6, 6.07) is 29.5. The normalized spacial score (nSPS) is 11.0. The molecule has 4 aromatic rings. The Morgan fingerprint density at radius 3 is 1.41 bits per heavy atom. The van der Waals surface area contributed by atoms with Crippen LogP contribution in [-0.4, -0.2) is 6.13 Å². The molecular formula is C20H14BCl. The lowest BCUT2D eigenvalue weighted by Gasteiger charge is -2.13. The monoisotopic (exact) mass is 300 g/mol. The Labute approximate surface area is 135 Å². The van der Waals surface area contributed by atoms with Crippen LogP contribution in [0.5, 0.6) is 0 Å². The van der Waals surface area contributed by atoms with Crippen molar-refractivity contribution in [2.45, 2.75) is 0 Å². The van der Waals surface area contributed by atoms with Gasteiger partial charge in [0, 0.05) is 0 Å². The summed E-state index contributed by atoms with van der Waals surface area (Å²) in [5.74, 6) is 0. The molecule has 0 bridgehead atoms. The van der Waals surface area contributed by atoms with Crippen molar-refractivity contribution in [1.82, 2.24) is 0 Å². The maximum absolute atomic E-state index is 6.89. The molecule has 2 heteroatoms. The van der Waals surface area contributed by atoms with E-state index in [9.17, 15) is 0 Å². The zero-order valence-corrected chi connectivity index (χ0v) is 12.8. The van der Waals surface area contributed by atoms with Crippen molar-refractivity contribution in [2.24, 2.45) is 0 Å². The molecule has 0 saturated heterocycles. The first-order chi connectivity index (χ1) is 10.8. The summed E-state index contributed by atoms with van der Waals surface area (Å²) in [6.07, 6.45) is -0.155. The summed E-state index contributed by atoms with van der Waals surface area (Å²) in [5, 5.41) is 4.90. The van der Waals surface area contributed by atoms with Crippen LogP contribution < -0.4 is 10.9 Å². The summed E-state index contributed by atoms with van der Waals surface area (Å²) in [7, 11) is 0. The van der Waals surface area contributed by atoms with Crippen LogP contribution in [0.2, 0.25) is 0 Å². The number of halogens is 1. The van der Waals surface area contributed by atoms with Gasteiger partial charge >= 0.3 is 6.13 Å². The van der Waals surface area contributed by atoms with E-state index in [0.29, 0.717) is 0 Å². The van der Waals surface area contributed by atoms with Gasteiger partial charge in [-0.1, -0.05) is 84.9 Å². The molecule has 0 amide bonds.